The average molecular weight is 687 g/mol. The molecule has 49 heavy (non-hydrogen) atoms. The predicted octanol–water partition coefficient (Wildman–Crippen LogP) is 2.61. The Hall–Kier alpha value is -5.08. The maximum absolute atomic E-state index is 13.1. The quantitative estimate of drug-likeness (QED) is 0.226. The summed E-state index contributed by atoms with van der Waals surface area (Å²) in [5.74, 6) is -0.887. The zero-order chi connectivity index (χ0) is 34.4. The molecule has 2 N–H and O–H groups in total. The largest absolute Gasteiger partial charge is 0.493 e. The standard InChI is InChI=1S/C35H34N4O9S/c1-49(45,46)38-17-20(18-38)19-47-25-7-2-21(3-8-25)32(41)22-4-9-26(10-5-22)48-27-14-24(15-27)36-23-6-11-28-29(16-23)35(44)39(34(28)43)30-12-13-31(40)37-33(30)42/h2-11,16,20,24,27,30,36H,12-15,17-19H2,1H3,(H,37,40,42). The van der Waals surface area contributed by atoms with E-state index in [1.54, 1.807) is 66.7 Å². The van der Waals surface area contributed by atoms with Crippen molar-refractivity contribution in [1.29, 1.82) is 0 Å². The molecule has 1 aliphatic carbocycles. The monoisotopic (exact) mass is 686 g/mol. The molecule has 14 heteroatoms. The number of rotatable bonds is 11. The highest BCUT2D eigenvalue weighted by atomic mass is 32.2. The lowest BCUT2D eigenvalue weighted by molar-refractivity contribution is -0.136. The van der Waals surface area contributed by atoms with Gasteiger partial charge in [-0.1, -0.05) is 0 Å². The minimum atomic E-state index is -3.16. The molecule has 254 valence electrons. The smallest absolute Gasteiger partial charge is 0.262 e. The highest BCUT2D eigenvalue weighted by molar-refractivity contribution is 7.88. The van der Waals surface area contributed by atoms with Crippen molar-refractivity contribution >= 4 is 45.1 Å². The third-order valence-corrected chi connectivity index (χ3v) is 10.6. The zero-order valence-corrected chi connectivity index (χ0v) is 27.4. The second kappa shape index (κ2) is 12.7. The molecule has 3 aromatic carbocycles. The number of anilines is 1. The molecule has 7 rings (SSSR count). The number of nitrogens with zero attached hydrogens (tertiary/aromatic N) is 2. The van der Waals surface area contributed by atoms with Gasteiger partial charge in [-0.05, 0) is 73.2 Å². The minimum Gasteiger partial charge on any atom is -0.493 e. The number of amides is 4. The summed E-state index contributed by atoms with van der Waals surface area (Å²) in [6.45, 7) is 1.31. The lowest BCUT2D eigenvalue weighted by Crippen LogP contribution is -2.54. The van der Waals surface area contributed by atoms with Crippen LogP contribution >= 0.6 is 0 Å². The summed E-state index contributed by atoms with van der Waals surface area (Å²) in [7, 11) is -3.16. The maximum atomic E-state index is 13.1. The molecule has 0 spiro atoms. The normalized spacial score (nSPS) is 22.6. The first-order valence-corrected chi connectivity index (χ1v) is 17.9. The Morgan fingerprint density at radius 2 is 1.51 bits per heavy atom. The number of imide groups is 2. The first-order valence-electron chi connectivity index (χ1n) is 16.0. The molecule has 3 aliphatic heterocycles. The van der Waals surface area contributed by atoms with E-state index >= 15 is 0 Å². The Labute approximate surface area is 282 Å². The number of benzene rings is 3. The van der Waals surface area contributed by atoms with Crippen molar-refractivity contribution in [3.8, 4) is 11.5 Å². The van der Waals surface area contributed by atoms with Crippen LogP contribution < -0.4 is 20.1 Å². The number of fused-ring (bicyclic) bond motifs is 1. The third-order valence-electron chi connectivity index (χ3n) is 9.32. The lowest BCUT2D eigenvalue weighted by Gasteiger charge is -2.36. The number of hydrogen-bond acceptors (Lipinski definition) is 10. The fraction of sp³-hybridized carbons (Fsp3) is 0.343. The summed E-state index contributed by atoms with van der Waals surface area (Å²) in [6, 6.07) is 17.9. The second-order valence-electron chi connectivity index (χ2n) is 12.9. The molecule has 4 aliphatic rings. The molecular weight excluding hydrogens is 652 g/mol. The van der Waals surface area contributed by atoms with Crippen LogP contribution in [0, 0.1) is 5.92 Å². The van der Waals surface area contributed by atoms with E-state index in [0.29, 0.717) is 60.9 Å². The van der Waals surface area contributed by atoms with Gasteiger partial charge in [-0.25, -0.2) is 12.7 Å². The van der Waals surface area contributed by atoms with Crippen LogP contribution in [0.15, 0.2) is 66.7 Å². The van der Waals surface area contributed by atoms with Crippen molar-refractivity contribution < 1.29 is 41.9 Å². The molecule has 1 saturated carbocycles. The van der Waals surface area contributed by atoms with Gasteiger partial charge in [0.25, 0.3) is 11.8 Å². The van der Waals surface area contributed by atoms with Crippen molar-refractivity contribution in [1.82, 2.24) is 14.5 Å². The molecule has 3 fully saturated rings. The van der Waals surface area contributed by atoms with Crippen LogP contribution in [0.5, 0.6) is 11.5 Å². The minimum absolute atomic E-state index is 0.0402. The molecule has 3 aromatic rings. The van der Waals surface area contributed by atoms with Crippen LogP contribution in [0.4, 0.5) is 5.69 Å². The highest BCUT2D eigenvalue weighted by Crippen LogP contribution is 2.33. The van der Waals surface area contributed by atoms with E-state index in [1.807, 2.05) is 0 Å². The topological polar surface area (TPSA) is 168 Å². The van der Waals surface area contributed by atoms with E-state index in [9.17, 15) is 32.4 Å². The number of piperidine rings is 1. The van der Waals surface area contributed by atoms with Gasteiger partial charge in [0.1, 0.15) is 23.6 Å². The average Bonchev–Trinajstić information content (AvgIpc) is 3.27. The Morgan fingerprint density at radius 3 is 2.14 bits per heavy atom. The van der Waals surface area contributed by atoms with Gasteiger partial charge in [0.05, 0.1) is 24.0 Å². The van der Waals surface area contributed by atoms with Crippen LogP contribution in [0.1, 0.15) is 62.3 Å². The van der Waals surface area contributed by atoms with Crippen LogP contribution in [-0.2, 0) is 19.6 Å². The van der Waals surface area contributed by atoms with Crippen molar-refractivity contribution in [2.75, 3.05) is 31.3 Å². The summed E-state index contributed by atoms with van der Waals surface area (Å²) in [5, 5.41) is 5.57. The Bertz CT molecular complexity index is 1950. The van der Waals surface area contributed by atoms with E-state index in [2.05, 4.69) is 10.6 Å². The van der Waals surface area contributed by atoms with Crippen LogP contribution in [0.2, 0.25) is 0 Å². The molecule has 4 amide bonds. The molecule has 1 unspecified atom stereocenters. The van der Waals surface area contributed by atoms with Gasteiger partial charge in [0, 0.05) is 61.1 Å². The summed E-state index contributed by atoms with van der Waals surface area (Å²) in [4.78, 5) is 63.9. The van der Waals surface area contributed by atoms with E-state index < -0.39 is 39.7 Å². The molecule has 1 atom stereocenters. The Kier molecular flexibility index (Phi) is 8.45. The number of carbonyl (C=O) groups excluding carboxylic acids is 5. The summed E-state index contributed by atoms with van der Waals surface area (Å²) in [5.41, 5.74) is 2.16. The van der Waals surface area contributed by atoms with Gasteiger partial charge >= 0.3 is 0 Å². The molecule has 0 radical (unpaired) electrons. The third kappa shape index (κ3) is 6.65. The van der Waals surface area contributed by atoms with E-state index in [4.69, 9.17) is 9.47 Å². The Balaban J connectivity index is 0.868. The summed E-state index contributed by atoms with van der Waals surface area (Å²) >= 11 is 0. The molecule has 3 heterocycles. The number of ether oxygens (including phenoxy) is 2. The highest BCUT2D eigenvalue weighted by Gasteiger charge is 2.45. The Morgan fingerprint density at radius 1 is 0.878 bits per heavy atom. The van der Waals surface area contributed by atoms with Crippen molar-refractivity contribution in [3.63, 3.8) is 0 Å². The van der Waals surface area contributed by atoms with Crippen LogP contribution in [-0.4, -0.2) is 91.2 Å². The number of sulfonamides is 1. The van der Waals surface area contributed by atoms with E-state index in [1.165, 1.54) is 10.6 Å². The van der Waals surface area contributed by atoms with Gasteiger partial charge < -0.3 is 14.8 Å². The fourth-order valence-corrected chi connectivity index (χ4v) is 7.40. The molecule has 0 bridgehead atoms. The second-order valence-corrected chi connectivity index (χ2v) is 14.9. The van der Waals surface area contributed by atoms with Gasteiger partial charge in [-0.3, -0.25) is 34.2 Å². The molecule has 13 nitrogen and oxygen atoms in total. The first-order chi connectivity index (χ1) is 23.4. The van der Waals surface area contributed by atoms with Crippen molar-refractivity contribution in [3.05, 3.63) is 89.0 Å². The van der Waals surface area contributed by atoms with Crippen molar-refractivity contribution in [2.45, 2.75) is 43.9 Å². The zero-order valence-electron chi connectivity index (χ0n) is 26.6. The first kappa shape index (κ1) is 32.5. The molecule has 0 aromatic heterocycles. The number of carbonyl (C=O) groups is 5. The van der Waals surface area contributed by atoms with Gasteiger partial charge in [-0.15, -0.1) is 0 Å². The van der Waals surface area contributed by atoms with Gasteiger partial charge in [0.2, 0.25) is 21.8 Å². The van der Waals surface area contributed by atoms with Crippen LogP contribution in [0.3, 0.4) is 0 Å². The number of ketones is 1. The number of hydrogen-bond donors (Lipinski definition) is 2. The SMILES string of the molecule is CS(=O)(=O)N1CC(COc2ccc(C(=O)c3ccc(OC4CC(Nc5ccc6c(c5)C(=O)N(C5CCC(=O)NC5=O)C6=O)C4)cc3)cc2)C1. The lowest BCUT2D eigenvalue weighted by atomic mass is 9.89. The summed E-state index contributed by atoms with van der Waals surface area (Å²) in [6.07, 6.45) is 2.74. The van der Waals surface area contributed by atoms with Gasteiger partial charge in [-0.2, -0.15) is 0 Å². The van der Waals surface area contributed by atoms with E-state index in [0.717, 1.165) is 4.90 Å². The predicted molar refractivity (Wildman–Crippen MR) is 176 cm³/mol. The molecule has 2 saturated heterocycles. The maximum Gasteiger partial charge on any atom is 0.262 e. The fourth-order valence-electron chi connectivity index (χ4n) is 6.44. The van der Waals surface area contributed by atoms with Crippen LogP contribution in [0.25, 0.3) is 0 Å². The molecular formula is C35H34N4O9S. The summed E-state index contributed by atoms with van der Waals surface area (Å²) < 4.78 is 36.3. The van der Waals surface area contributed by atoms with Crippen molar-refractivity contribution in [2.24, 2.45) is 5.92 Å². The number of nitrogens with one attached hydrogen (secondary N) is 2. The van der Waals surface area contributed by atoms with Gasteiger partial charge in [0.15, 0.2) is 5.78 Å². The van der Waals surface area contributed by atoms with E-state index in [-0.39, 0.29) is 47.8 Å².